The second-order valence-electron chi connectivity index (χ2n) is 8.89. The van der Waals surface area contributed by atoms with E-state index in [1.807, 2.05) is 28.3 Å². The Morgan fingerprint density at radius 2 is 1.96 bits per heavy atom. The van der Waals surface area contributed by atoms with E-state index in [9.17, 15) is 9.59 Å². The lowest BCUT2D eigenvalue weighted by molar-refractivity contribution is -0.139. The van der Waals surface area contributed by atoms with Crippen molar-refractivity contribution in [2.45, 2.75) is 59.0 Å². The number of hydrogen-bond acceptors (Lipinski definition) is 2. The van der Waals surface area contributed by atoms with Crippen LogP contribution in [0.4, 0.5) is 0 Å². The summed E-state index contributed by atoms with van der Waals surface area (Å²) in [5, 5.41) is 0. The van der Waals surface area contributed by atoms with E-state index in [2.05, 4.69) is 45.3 Å². The standard InChI is InChI=1S/C21H31N3O2/c1-15(2)8-11-24-18-7-6-16(20(24)26)12-22(14-18)19(25)17-9-10-23(13-17)21(3,4)5/h8-10,13,16,18H,6-7,11-12,14H2,1-5H3/t16-,18+/m0/s1. The Morgan fingerprint density at radius 3 is 2.58 bits per heavy atom. The Bertz CT molecular complexity index is 722. The number of rotatable bonds is 3. The molecule has 0 radical (unpaired) electrons. The predicted molar refractivity (Wildman–Crippen MR) is 103 cm³/mol. The predicted octanol–water partition coefficient (Wildman–Crippen LogP) is 3.27. The van der Waals surface area contributed by atoms with Gasteiger partial charge < -0.3 is 14.4 Å². The second-order valence-corrected chi connectivity index (χ2v) is 8.89. The van der Waals surface area contributed by atoms with E-state index in [0.717, 1.165) is 12.8 Å². The Balaban J connectivity index is 1.78. The Hall–Kier alpha value is -2.04. The highest BCUT2D eigenvalue weighted by molar-refractivity contribution is 5.95. The van der Waals surface area contributed by atoms with Crippen molar-refractivity contribution in [3.05, 3.63) is 35.7 Å². The molecule has 2 amide bonds. The first-order valence-electron chi connectivity index (χ1n) is 9.58. The molecule has 3 saturated heterocycles. The van der Waals surface area contributed by atoms with Gasteiger partial charge in [0.15, 0.2) is 0 Å². The summed E-state index contributed by atoms with van der Waals surface area (Å²) in [6, 6.07) is 2.02. The van der Waals surface area contributed by atoms with Crippen molar-refractivity contribution in [3.8, 4) is 0 Å². The molecular weight excluding hydrogens is 326 g/mol. The number of carbonyl (C=O) groups excluding carboxylic acids is 2. The lowest BCUT2D eigenvalue weighted by Gasteiger charge is -2.35. The minimum absolute atomic E-state index is 0.0433. The van der Waals surface area contributed by atoms with Crippen molar-refractivity contribution in [1.29, 1.82) is 0 Å². The third kappa shape index (κ3) is 3.71. The van der Waals surface area contributed by atoms with E-state index in [1.54, 1.807) is 0 Å². The van der Waals surface area contributed by atoms with Crippen LogP contribution in [0.5, 0.6) is 0 Å². The number of amides is 2. The molecular formula is C21H31N3O2. The topological polar surface area (TPSA) is 45.6 Å². The summed E-state index contributed by atoms with van der Waals surface area (Å²) in [6.45, 7) is 12.3. The molecule has 5 heteroatoms. The van der Waals surface area contributed by atoms with Crippen molar-refractivity contribution < 1.29 is 9.59 Å². The molecule has 4 heterocycles. The maximum atomic E-state index is 13.1. The van der Waals surface area contributed by atoms with Gasteiger partial charge in [-0.25, -0.2) is 0 Å². The molecule has 2 bridgehead atoms. The highest BCUT2D eigenvalue weighted by Crippen LogP contribution is 2.30. The van der Waals surface area contributed by atoms with Gasteiger partial charge in [0.1, 0.15) is 0 Å². The molecule has 0 aromatic carbocycles. The van der Waals surface area contributed by atoms with Crippen molar-refractivity contribution in [3.63, 3.8) is 0 Å². The van der Waals surface area contributed by atoms with E-state index in [4.69, 9.17) is 0 Å². The average molecular weight is 357 g/mol. The maximum absolute atomic E-state index is 13.1. The Kier molecular flexibility index (Phi) is 5.00. The third-order valence-electron chi connectivity index (χ3n) is 5.49. The first-order chi connectivity index (χ1) is 12.2. The quantitative estimate of drug-likeness (QED) is 0.780. The number of aromatic nitrogens is 1. The third-order valence-corrected chi connectivity index (χ3v) is 5.49. The van der Waals surface area contributed by atoms with Gasteiger partial charge in [0, 0.05) is 43.6 Å². The van der Waals surface area contributed by atoms with Crippen LogP contribution in [0.1, 0.15) is 57.8 Å². The smallest absolute Gasteiger partial charge is 0.255 e. The molecule has 26 heavy (non-hydrogen) atoms. The van der Waals surface area contributed by atoms with Crippen LogP contribution in [0.15, 0.2) is 30.1 Å². The zero-order valence-electron chi connectivity index (χ0n) is 16.7. The minimum atomic E-state index is -0.0621. The van der Waals surface area contributed by atoms with E-state index >= 15 is 0 Å². The highest BCUT2D eigenvalue weighted by atomic mass is 16.2. The summed E-state index contributed by atoms with van der Waals surface area (Å²) in [5.74, 6) is 0.191. The van der Waals surface area contributed by atoms with Crippen LogP contribution >= 0.6 is 0 Å². The summed E-state index contributed by atoms with van der Waals surface area (Å²) in [6.07, 6.45) is 7.87. The summed E-state index contributed by atoms with van der Waals surface area (Å²) < 4.78 is 2.07. The minimum Gasteiger partial charge on any atom is -0.348 e. The van der Waals surface area contributed by atoms with Crippen molar-refractivity contribution in [1.82, 2.24) is 14.4 Å². The summed E-state index contributed by atoms with van der Waals surface area (Å²) in [5.41, 5.74) is 1.88. The Labute approximate surface area is 156 Å². The SMILES string of the molecule is CC(C)=CCN1C(=O)[C@H]2CC[C@@H]1CN(C(=O)c1ccn(C(C)(C)C)c1)C2. The lowest BCUT2D eigenvalue weighted by atomic mass is 9.94. The number of carbonyl (C=O) groups is 2. The van der Waals surface area contributed by atoms with Crippen LogP contribution in [0, 0.1) is 5.92 Å². The molecule has 5 nitrogen and oxygen atoms in total. The zero-order chi connectivity index (χ0) is 19.1. The van der Waals surface area contributed by atoms with Crippen LogP contribution in [-0.2, 0) is 10.3 Å². The van der Waals surface area contributed by atoms with E-state index in [1.165, 1.54) is 5.57 Å². The van der Waals surface area contributed by atoms with Gasteiger partial charge >= 0.3 is 0 Å². The molecule has 3 aliphatic rings. The van der Waals surface area contributed by atoms with Crippen LogP contribution in [0.3, 0.4) is 0 Å². The number of nitrogens with zero attached hydrogens (tertiary/aromatic N) is 3. The molecule has 1 aromatic rings. The monoisotopic (exact) mass is 357 g/mol. The molecule has 3 fully saturated rings. The van der Waals surface area contributed by atoms with Crippen molar-refractivity contribution in [2.24, 2.45) is 5.92 Å². The van der Waals surface area contributed by atoms with Crippen LogP contribution in [0.2, 0.25) is 0 Å². The molecule has 2 atom stereocenters. The fourth-order valence-corrected chi connectivity index (χ4v) is 3.85. The molecule has 0 unspecified atom stereocenters. The highest BCUT2D eigenvalue weighted by Gasteiger charge is 2.41. The number of piperidine rings is 1. The first kappa shape index (κ1) is 18.7. The summed E-state index contributed by atoms with van der Waals surface area (Å²) in [4.78, 5) is 29.8. The maximum Gasteiger partial charge on any atom is 0.255 e. The second kappa shape index (κ2) is 6.93. The van der Waals surface area contributed by atoms with Gasteiger partial charge in [-0.3, -0.25) is 9.59 Å². The molecule has 0 N–H and O–H groups in total. The van der Waals surface area contributed by atoms with E-state index in [-0.39, 0.29) is 29.3 Å². The summed E-state index contributed by atoms with van der Waals surface area (Å²) >= 11 is 0. The normalized spacial score (nSPS) is 23.2. The number of allylic oxidation sites excluding steroid dienone is 1. The van der Waals surface area contributed by atoms with Gasteiger partial charge in [-0.2, -0.15) is 0 Å². The molecule has 4 rings (SSSR count). The summed E-state index contributed by atoms with van der Waals surface area (Å²) in [7, 11) is 0. The van der Waals surface area contributed by atoms with Gasteiger partial charge in [0.25, 0.3) is 5.91 Å². The van der Waals surface area contributed by atoms with Gasteiger partial charge in [-0.15, -0.1) is 0 Å². The molecule has 0 saturated carbocycles. The van der Waals surface area contributed by atoms with E-state index < -0.39 is 0 Å². The number of hydrogen-bond donors (Lipinski definition) is 0. The lowest BCUT2D eigenvalue weighted by Crippen LogP contribution is -2.48. The van der Waals surface area contributed by atoms with Gasteiger partial charge in [0.05, 0.1) is 11.5 Å². The molecule has 1 aromatic heterocycles. The van der Waals surface area contributed by atoms with Crippen LogP contribution in [0.25, 0.3) is 0 Å². The van der Waals surface area contributed by atoms with E-state index in [0.29, 0.717) is 25.2 Å². The number of fused-ring (bicyclic) bond motifs is 4. The van der Waals surface area contributed by atoms with Crippen molar-refractivity contribution >= 4 is 11.8 Å². The van der Waals surface area contributed by atoms with Gasteiger partial charge in [-0.05, 0) is 53.5 Å². The van der Waals surface area contributed by atoms with Crippen LogP contribution in [-0.4, -0.2) is 51.9 Å². The Morgan fingerprint density at radius 1 is 1.23 bits per heavy atom. The molecule has 142 valence electrons. The van der Waals surface area contributed by atoms with Crippen molar-refractivity contribution in [2.75, 3.05) is 19.6 Å². The van der Waals surface area contributed by atoms with Gasteiger partial charge in [0.2, 0.25) is 5.91 Å². The molecule has 3 aliphatic heterocycles. The average Bonchev–Trinajstić information content (AvgIpc) is 2.91. The van der Waals surface area contributed by atoms with Gasteiger partial charge in [-0.1, -0.05) is 11.6 Å². The first-order valence-corrected chi connectivity index (χ1v) is 9.58. The zero-order valence-corrected chi connectivity index (χ0v) is 16.7. The molecule has 0 spiro atoms. The fraction of sp³-hybridized carbons (Fsp3) is 0.619. The largest absolute Gasteiger partial charge is 0.348 e. The molecule has 0 aliphatic carbocycles. The fourth-order valence-electron chi connectivity index (χ4n) is 3.85. The van der Waals surface area contributed by atoms with Crippen LogP contribution < -0.4 is 0 Å².